The summed E-state index contributed by atoms with van der Waals surface area (Å²) in [7, 11) is 2.00. The molecule has 3 atom stereocenters. The van der Waals surface area contributed by atoms with E-state index in [4.69, 9.17) is 4.74 Å². The van der Waals surface area contributed by atoms with Crippen LogP contribution in [0.3, 0.4) is 0 Å². The molecular weight excluding hydrogens is 557 g/mol. The fourth-order valence-corrected chi connectivity index (χ4v) is 7.34. The van der Waals surface area contributed by atoms with E-state index in [2.05, 4.69) is 35.4 Å². The van der Waals surface area contributed by atoms with Gasteiger partial charge in [-0.1, -0.05) is 38.8 Å². The number of carbonyl (C=O) groups is 2. The maximum Gasteiger partial charge on any atom is 0.308 e. The number of nitrogens with zero attached hydrogens (tertiary/aromatic N) is 3. The molecule has 0 bridgehead atoms. The molecule has 1 aromatic heterocycles. The van der Waals surface area contributed by atoms with Gasteiger partial charge in [0.25, 0.3) is 0 Å². The van der Waals surface area contributed by atoms with Crippen molar-refractivity contribution in [2.24, 2.45) is 13.0 Å². The summed E-state index contributed by atoms with van der Waals surface area (Å²) in [6.45, 7) is 7.17. The predicted octanol–water partition coefficient (Wildman–Crippen LogP) is 6.51. The second-order valence-corrected chi connectivity index (χ2v) is 12.5. The van der Waals surface area contributed by atoms with Crippen molar-refractivity contribution in [2.45, 2.75) is 83.7 Å². The number of aliphatic carboxylic acids is 1. The van der Waals surface area contributed by atoms with Gasteiger partial charge in [-0.25, -0.2) is 4.39 Å². The average Bonchev–Trinajstić information content (AvgIpc) is 3.72. The van der Waals surface area contributed by atoms with Gasteiger partial charge in [-0.3, -0.25) is 14.5 Å². The third kappa shape index (κ3) is 6.70. The molecule has 2 aliphatic heterocycles. The Hall–Kier alpha value is -3.65. The zero-order valence-corrected chi connectivity index (χ0v) is 26.5. The number of hydrogen-bond donors (Lipinski definition) is 1. The summed E-state index contributed by atoms with van der Waals surface area (Å²) in [6, 6.07) is 14.7. The number of aromatic nitrogens is 1. The molecule has 1 fully saturated rings. The van der Waals surface area contributed by atoms with Crippen LogP contribution in [0.2, 0.25) is 0 Å². The lowest BCUT2D eigenvalue weighted by Gasteiger charge is -2.35. The van der Waals surface area contributed by atoms with Crippen LogP contribution in [0.4, 0.5) is 10.1 Å². The molecule has 1 N–H and O–H groups in total. The summed E-state index contributed by atoms with van der Waals surface area (Å²) in [5.41, 5.74) is 4.43. The molecule has 0 aliphatic carbocycles. The molecule has 3 aromatic rings. The van der Waals surface area contributed by atoms with Crippen LogP contribution in [0, 0.1) is 18.7 Å². The minimum atomic E-state index is -0.834. The van der Waals surface area contributed by atoms with Crippen LogP contribution in [0.1, 0.15) is 74.3 Å². The first-order valence-corrected chi connectivity index (χ1v) is 16.1. The lowest BCUT2D eigenvalue weighted by atomic mass is 9.83. The van der Waals surface area contributed by atoms with Crippen LogP contribution in [-0.2, 0) is 29.5 Å². The Morgan fingerprint density at radius 1 is 1.11 bits per heavy atom. The molecule has 0 spiro atoms. The summed E-state index contributed by atoms with van der Waals surface area (Å²) in [5.74, 6) is -1.25. The quantitative estimate of drug-likeness (QED) is 0.241. The van der Waals surface area contributed by atoms with Gasteiger partial charge in [0.2, 0.25) is 5.91 Å². The normalized spacial score (nSPS) is 19.7. The highest BCUT2D eigenvalue weighted by Gasteiger charge is 2.47. The minimum absolute atomic E-state index is 0.0189. The number of ether oxygens (including phenoxy) is 1. The van der Waals surface area contributed by atoms with Crippen LogP contribution in [0.15, 0.2) is 54.7 Å². The number of carbonyl (C=O) groups excluding carboxylic acids is 1. The second kappa shape index (κ2) is 14.0. The highest BCUT2D eigenvalue weighted by Crippen LogP contribution is 2.41. The van der Waals surface area contributed by atoms with E-state index in [-0.39, 0.29) is 36.3 Å². The summed E-state index contributed by atoms with van der Waals surface area (Å²) in [4.78, 5) is 31.4. The van der Waals surface area contributed by atoms with E-state index in [1.54, 1.807) is 19.1 Å². The van der Waals surface area contributed by atoms with Gasteiger partial charge in [0, 0.05) is 55.6 Å². The first-order chi connectivity index (χ1) is 21.2. The number of hydrogen-bond acceptors (Lipinski definition) is 4. The molecule has 2 aromatic carbocycles. The molecule has 2 aliphatic rings. The smallest absolute Gasteiger partial charge is 0.308 e. The van der Waals surface area contributed by atoms with E-state index >= 15 is 0 Å². The van der Waals surface area contributed by atoms with E-state index in [1.807, 2.05) is 36.3 Å². The van der Waals surface area contributed by atoms with Crippen molar-refractivity contribution in [3.8, 4) is 5.75 Å². The Kier molecular flexibility index (Phi) is 10.1. The lowest BCUT2D eigenvalue weighted by Crippen LogP contribution is -2.48. The van der Waals surface area contributed by atoms with Gasteiger partial charge in [0.05, 0.1) is 19.1 Å². The summed E-state index contributed by atoms with van der Waals surface area (Å²) >= 11 is 0. The number of halogens is 1. The summed E-state index contributed by atoms with van der Waals surface area (Å²) < 4.78 is 22.1. The van der Waals surface area contributed by atoms with Crippen molar-refractivity contribution in [1.82, 2.24) is 9.47 Å². The van der Waals surface area contributed by atoms with E-state index in [0.29, 0.717) is 37.2 Å². The van der Waals surface area contributed by atoms with Crippen molar-refractivity contribution in [3.05, 3.63) is 82.9 Å². The largest absolute Gasteiger partial charge is 0.493 e. The van der Waals surface area contributed by atoms with Gasteiger partial charge < -0.3 is 19.3 Å². The number of fused-ring (bicyclic) bond motifs is 1. The standard InChI is InChI=1S/C36H46FN3O4/c1-5-8-28(9-6-2)40(29-12-14-31(37)24(3)20-29)34(41)23-39-22-30(25-11-16-33-26(21-25)17-19-44-33)35(36(42)43)32(39)15-13-27-10-7-18-38(27)4/h7,10-12,14,16,18,20-21,28,30,32,35H,5-6,8-9,13,15,17,19,22-23H2,1-4H3,(H,42,43)/t30-,32+,35-/m1/s1. The minimum Gasteiger partial charge on any atom is -0.493 e. The SMILES string of the molecule is CCCC(CCC)N(C(=O)CN1C[C@H](c2ccc3c(c2)CCO3)[C@@H](C(=O)O)[C@@H]1CCc1cccn1C)c1ccc(F)c(C)c1. The maximum atomic E-state index is 14.4. The van der Waals surface area contributed by atoms with E-state index in [9.17, 15) is 19.1 Å². The van der Waals surface area contributed by atoms with Crippen molar-refractivity contribution < 1.29 is 23.8 Å². The Bertz CT molecular complexity index is 1460. The molecule has 3 heterocycles. The number of likely N-dealkylation sites (tertiary alicyclic amines) is 1. The number of carboxylic acid groups (broad SMARTS) is 1. The zero-order valence-electron chi connectivity index (χ0n) is 26.5. The van der Waals surface area contributed by atoms with Crippen LogP contribution < -0.4 is 9.64 Å². The van der Waals surface area contributed by atoms with Crippen molar-refractivity contribution in [3.63, 3.8) is 0 Å². The number of benzene rings is 2. The van der Waals surface area contributed by atoms with Crippen LogP contribution in [0.5, 0.6) is 5.75 Å². The van der Waals surface area contributed by atoms with Crippen LogP contribution in [0.25, 0.3) is 0 Å². The molecule has 7 nitrogen and oxygen atoms in total. The molecule has 236 valence electrons. The van der Waals surface area contributed by atoms with E-state index < -0.39 is 11.9 Å². The first-order valence-electron chi connectivity index (χ1n) is 16.1. The molecule has 44 heavy (non-hydrogen) atoms. The fourth-order valence-electron chi connectivity index (χ4n) is 7.34. The average molecular weight is 604 g/mol. The second-order valence-electron chi connectivity index (χ2n) is 12.5. The molecular formula is C36H46FN3O4. The first kappa shape index (κ1) is 31.8. The van der Waals surface area contributed by atoms with Crippen molar-refractivity contribution >= 4 is 17.6 Å². The third-order valence-electron chi connectivity index (χ3n) is 9.56. The van der Waals surface area contributed by atoms with Gasteiger partial charge in [0.15, 0.2) is 0 Å². The molecule has 8 heteroatoms. The number of anilines is 1. The Balaban J connectivity index is 1.49. The number of rotatable bonds is 13. The van der Waals surface area contributed by atoms with E-state index in [1.165, 1.54) is 6.07 Å². The summed E-state index contributed by atoms with van der Waals surface area (Å²) in [6.07, 6.45) is 7.66. The van der Waals surface area contributed by atoms with Gasteiger partial charge in [-0.2, -0.15) is 0 Å². The highest BCUT2D eigenvalue weighted by molar-refractivity contribution is 5.95. The number of amides is 1. The van der Waals surface area contributed by atoms with E-state index in [0.717, 1.165) is 54.7 Å². The number of carboxylic acids is 1. The third-order valence-corrected chi connectivity index (χ3v) is 9.56. The zero-order chi connectivity index (χ0) is 31.4. The van der Waals surface area contributed by atoms with Gasteiger partial charge in [-0.15, -0.1) is 0 Å². The highest BCUT2D eigenvalue weighted by atomic mass is 19.1. The maximum absolute atomic E-state index is 14.4. The van der Waals surface area contributed by atoms with Gasteiger partial charge in [0.1, 0.15) is 11.6 Å². The Labute approximate surface area is 260 Å². The van der Waals surface area contributed by atoms with Gasteiger partial charge in [-0.05, 0) is 85.7 Å². The van der Waals surface area contributed by atoms with Crippen LogP contribution in [-0.4, -0.2) is 58.2 Å². The number of aryl methyl sites for hydroxylation is 3. The lowest BCUT2D eigenvalue weighted by molar-refractivity contribution is -0.143. The Morgan fingerprint density at radius 3 is 2.55 bits per heavy atom. The molecule has 1 amide bonds. The predicted molar refractivity (Wildman–Crippen MR) is 171 cm³/mol. The summed E-state index contributed by atoms with van der Waals surface area (Å²) in [5, 5.41) is 10.7. The monoisotopic (exact) mass is 603 g/mol. The molecule has 1 saturated heterocycles. The van der Waals surface area contributed by atoms with Crippen molar-refractivity contribution in [2.75, 3.05) is 24.6 Å². The Morgan fingerprint density at radius 2 is 1.89 bits per heavy atom. The molecule has 0 unspecified atom stereocenters. The topological polar surface area (TPSA) is 75.0 Å². The van der Waals surface area contributed by atoms with Crippen molar-refractivity contribution in [1.29, 1.82) is 0 Å². The molecule has 5 rings (SSSR count). The molecule has 0 saturated carbocycles. The fraction of sp³-hybridized carbons (Fsp3) is 0.500. The molecule has 0 radical (unpaired) electrons. The van der Waals surface area contributed by atoms with Crippen LogP contribution >= 0.6 is 0 Å². The van der Waals surface area contributed by atoms with Gasteiger partial charge >= 0.3 is 5.97 Å².